The summed E-state index contributed by atoms with van der Waals surface area (Å²) >= 11 is 0. The van der Waals surface area contributed by atoms with Crippen molar-refractivity contribution < 1.29 is 9.53 Å². The summed E-state index contributed by atoms with van der Waals surface area (Å²) in [5, 5.41) is 0. The van der Waals surface area contributed by atoms with Gasteiger partial charge >= 0.3 is 12.0 Å². The predicted molar refractivity (Wildman–Crippen MR) is 68.8 cm³/mol. The zero-order valence-corrected chi connectivity index (χ0v) is 11.3. The molecule has 0 bridgehead atoms. The molecule has 1 saturated heterocycles. The van der Waals surface area contributed by atoms with Crippen molar-refractivity contribution in [3.63, 3.8) is 0 Å². The van der Waals surface area contributed by atoms with Gasteiger partial charge in [0.25, 0.3) is 0 Å². The van der Waals surface area contributed by atoms with Crippen molar-refractivity contribution >= 4 is 12.0 Å². The lowest BCUT2D eigenvalue weighted by molar-refractivity contribution is 0.00788. The highest BCUT2D eigenvalue weighted by molar-refractivity contribution is 5.69. The largest absolute Gasteiger partial charge is 0.444 e. The Kier molecular flexibility index (Phi) is 3.38. The summed E-state index contributed by atoms with van der Waals surface area (Å²) in [5.74, 6) is 0.309. The molecule has 6 heteroatoms. The Morgan fingerprint density at radius 3 is 2.79 bits per heavy atom. The minimum absolute atomic E-state index is 0.146. The first-order valence-electron chi connectivity index (χ1n) is 6.07. The van der Waals surface area contributed by atoms with Crippen LogP contribution in [0.25, 0.3) is 4.85 Å². The minimum atomic E-state index is -0.478. The molecule has 1 aromatic rings. The molecule has 1 aliphatic rings. The standard InChI is InChI=1S/C13H16N4O2/c1-13(2,3)19-12(18)17-7-9(8-17)10-5-6-15-11(14-4)16-10/h5-6,9H,7-8H2,1-3H3. The van der Waals surface area contributed by atoms with Crippen molar-refractivity contribution in [2.24, 2.45) is 0 Å². The number of aromatic nitrogens is 2. The van der Waals surface area contributed by atoms with E-state index >= 15 is 0 Å². The monoisotopic (exact) mass is 260 g/mol. The lowest BCUT2D eigenvalue weighted by Crippen LogP contribution is -2.50. The molecular formula is C13H16N4O2. The Hall–Kier alpha value is -2.16. The molecule has 2 heterocycles. The average Bonchev–Trinajstić information content (AvgIpc) is 2.25. The van der Waals surface area contributed by atoms with Gasteiger partial charge in [-0.3, -0.25) is 0 Å². The number of ether oxygens (including phenoxy) is 1. The van der Waals surface area contributed by atoms with Gasteiger partial charge in [0.2, 0.25) is 0 Å². The third-order valence-electron chi connectivity index (χ3n) is 2.72. The number of carbonyl (C=O) groups excluding carboxylic acids is 1. The number of nitrogens with zero attached hydrogens (tertiary/aromatic N) is 4. The fourth-order valence-corrected chi connectivity index (χ4v) is 1.78. The van der Waals surface area contributed by atoms with Gasteiger partial charge in [0, 0.05) is 19.2 Å². The summed E-state index contributed by atoms with van der Waals surface area (Å²) in [4.78, 5) is 24.6. The number of hydrogen-bond acceptors (Lipinski definition) is 4. The van der Waals surface area contributed by atoms with Crippen molar-refractivity contribution in [2.45, 2.75) is 32.3 Å². The molecule has 0 radical (unpaired) electrons. The van der Waals surface area contributed by atoms with Crippen LogP contribution in [-0.4, -0.2) is 39.7 Å². The molecule has 0 aromatic carbocycles. The Bertz CT molecular complexity index is 524. The molecule has 100 valence electrons. The average molecular weight is 260 g/mol. The highest BCUT2D eigenvalue weighted by Crippen LogP contribution is 2.27. The summed E-state index contributed by atoms with van der Waals surface area (Å²) in [7, 11) is 0. The van der Waals surface area contributed by atoms with Crippen molar-refractivity contribution in [3.8, 4) is 0 Å². The molecule has 1 fully saturated rings. The van der Waals surface area contributed by atoms with Gasteiger partial charge in [0.1, 0.15) is 11.3 Å². The zero-order chi connectivity index (χ0) is 14.0. The smallest absolute Gasteiger partial charge is 0.410 e. The normalized spacial score (nSPS) is 15.6. The molecule has 6 nitrogen and oxygen atoms in total. The van der Waals surface area contributed by atoms with E-state index in [9.17, 15) is 4.79 Å². The number of hydrogen-bond donors (Lipinski definition) is 0. The van der Waals surface area contributed by atoms with E-state index < -0.39 is 5.60 Å². The molecule has 0 spiro atoms. The molecular weight excluding hydrogens is 244 g/mol. The maximum Gasteiger partial charge on any atom is 0.410 e. The third kappa shape index (κ3) is 3.19. The molecule has 1 aliphatic heterocycles. The highest BCUT2D eigenvalue weighted by atomic mass is 16.6. The maximum atomic E-state index is 11.8. The SMILES string of the molecule is [C-]#[N+]c1nccc(C2CN(C(=O)OC(C)(C)C)C2)n1. The Morgan fingerprint density at radius 2 is 2.21 bits per heavy atom. The summed E-state index contributed by atoms with van der Waals surface area (Å²) in [6.45, 7) is 13.5. The van der Waals surface area contributed by atoms with Gasteiger partial charge in [-0.1, -0.05) is 0 Å². The Morgan fingerprint density at radius 1 is 1.53 bits per heavy atom. The highest BCUT2D eigenvalue weighted by Gasteiger charge is 2.36. The van der Waals surface area contributed by atoms with Gasteiger partial charge in [0.05, 0.1) is 12.1 Å². The third-order valence-corrected chi connectivity index (χ3v) is 2.72. The van der Waals surface area contributed by atoms with Crippen LogP contribution in [0.4, 0.5) is 10.7 Å². The molecule has 0 N–H and O–H groups in total. The molecule has 1 amide bonds. The van der Waals surface area contributed by atoms with Crippen LogP contribution in [0.15, 0.2) is 12.3 Å². The van der Waals surface area contributed by atoms with E-state index in [0.717, 1.165) is 5.69 Å². The first-order valence-corrected chi connectivity index (χ1v) is 6.07. The first-order chi connectivity index (χ1) is 8.89. The zero-order valence-electron chi connectivity index (χ0n) is 11.3. The lowest BCUT2D eigenvalue weighted by atomic mass is 9.97. The number of amides is 1. The molecule has 19 heavy (non-hydrogen) atoms. The summed E-state index contributed by atoms with van der Waals surface area (Å²) < 4.78 is 5.28. The van der Waals surface area contributed by atoms with E-state index in [1.165, 1.54) is 0 Å². The first kappa shape index (κ1) is 13.3. The van der Waals surface area contributed by atoms with Crippen molar-refractivity contribution in [3.05, 3.63) is 29.4 Å². The second-order valence-electron chi connectivity index (χ2n) is 5.48. The topological polar surface area (TPSA) is 59.7 Å². The van der Waals surface area contributed by atoms with Crippen LogP contribution in [0.5, 0.6) is 0 Å². The van der Waals surface area contributed by atoms with E-state index in [1.54, 1.807) is 17.2 Å². The van der Waals surface area contributed by atoms with Gasteiger partial charge < -0.3 is 14.5 Å². The second kappa shape index (κ2) is 4.84. The molecule has 0 atom stereocenters. The fraction of sp³-hybridized carbons (Fsp3) is 0.538. The van der Waals surface area contributed by atoms with Crippen LogP contribution in [0.3, 0.4) is 0 Å². The van der Waals surface area contributed by atoms with Crippen molar-refractivity contribution in [2.75, 3.05) is 13.1 Å². The Balaban J connectivity index is 1.93. The van der Waals surface area contributed by atoms with Gasteiger partial charge in [0.15, 0.2) is 0 Å². The van der Waals surface area contributed by atoms with Crippen LogP contribution >= 0.6 is 0 Å². The molecule has 1 aromatic heterocycles. The molecule has 0 saturated carbocycles. The van der Waals surface area contributed by atoms with Crippen LogP contribution in [-0.2, 0) is 4.74 Å². The predicted octanol–water partition coefficient (Wildman–Crippen LogP) is 2.36. The van der Waals surface area contributed by atoms with Gasteiger partial charge in [-0.05, 0) is 20.8 Å². The van der Waals surface area contributed by atoms with Gasteiger partial charge in [-0.15, -0.1) is 6.57 Å². The van der Waals surface area contributed by atoms with E-state index in [0.29, 0.717) is 13.1 Å². The molecule has 0 aliphatic carbocycles. The van der Waals surface area contributed by atoms with Gasteiger partial charge in [-0.2, -0.15) is 9.97 Å². The number of likely N-dealkylation sites (tertiary alicyclic amines) is 1. The van der Waals surface area contributed by atoms with E-state index in [2.05, 4.69) is 14.8 Å². The summed E-state index contributed by atoms with van der Waals surface area (Å²) in [6, 6.07) is 1.78. The summed E-state index contributed by atoms with van der Waals surface area (Å²) in [6.07, 6.45) is 1.27. The number of carbonyl (C=O) groups is 1. The lowest BCUT2D eigenvalue weighted by Gasteiger charge is -2.38. The second-order valence-corrected chi connectivity index (χ2v) is 5.48. The molecule has 0 unspecified atom stereocenters. The van der Waals surface area contributed by atoms with Crippen LogP contribution in [0.2, 0.25) is 0 Å². The van der Waals surface area contributed by atoms with Crippen molar-refractivity contribution in [1.29, 1.82) is 0 Å². The maximum absolute atomic E-state index is 11.8. The van der Waals surface area contributed by atoms with E-state index in [-0.39, 0.29) is 18.0 Å². The number of rotatable bonds is 1. The van der Waals surface area contributed by atoms with E-state index in [1.807, 2.05) is 20.8 Å². The van der Waals surface area contributed by atoms with Crippen LogP contribution in [0.1, 0.15) is 32.4 Å². The molecule has 2 rings (SSSR count). The van der Waals surface area contributed by atoms with Crippen LogP contribution in [0, 0.1) is 6.57 Å². The fourth-order valence-electron chi connectivity index (χ4n) is 1.78. The Labute approximate surface area is 112 Å². The van der Waals surface area contributed by atoms with Crippen molar-refractivity contribution in [1.82, 2.24) is 14.9 Å². The summed E-state index contributed by atoms with van der Waals surface area (Å²) in [5.41, 5.74) is 0.328. The van der Waals surface area contributed by atoms with E-state index in [4.69, 9.17) is 11.3 Å². The van der Waals surface area contributed by atoms with Crippen LogP contribution < -0.4 is 0 Å². The minimum Gasteiger partial charge on any atom is -0.444 e. The van der Waals surface area contributed by atoms with Gasteiger partial charge in [-0.25, -0.2) is 4.79 Å². The quantitative estimate of drug-likeness (QED) is 0.727.